The molecule has 0 saturated heterocycles. The zero-order valence-electron chi connectivity index (χ0n) is 136. The Hall–Kier alpha value is -16.6. The van der Waals surface area contributed by atoms with Crippen LogP contribution in [0.15, 0.2) is 459 Å². The molecule has 0 spiro atoms. The Morgan fingerprint density at radius 2 is 0.596 bits per heavy atom. The predicted molar refractivity (Wildman–Crippen MR) is 568 cm³/mol. The van der Waals surface area contributed by atoms with E-state index in [1.165, 1.54) is 25.3 Å². The van der Waals surface area contributed by atoms with Crippen LogP contribution in [0, 0.1) is 20.8 Å². The maximum absolute atomic E-state index is 10.2. The van der Waals surface area contributed by atoms with Crippen LogP contribution in [0.1, 0.15) is 107 Å². The molecule has 0 bridgehead atoms. The van der Waals surface area contributed by atoms with Gasteiger partial charge < -0.3 is 37.6 Å². The van der Waals surface area contributed by atoms with Gasteiger partial charge in [0, 0.05) is 50.1 Å². The second-order valence-electron chi connectivity index (χ2n) is 31.2. The quantitative estimate of drug-likeness (QED) is 0.0950. The summed E-state index contributed by atoms with van der Waals surface area (Å²) >= 11 is 0. The molecular formula is C123H85B3N2O6Si2. The minimum atomic E-state index is -6.37. The number of para-hydroxylation sites is 8. The number of fused-ring (bicyclic) bond motifs is 18. The molecule has 640 valence electrons. The Kier molecular flexibility index (Phi) is 9.02. The molecule has 0 amide bonds. The summed E-state index contributed by atoms with van der Waals surface area (Å²) in [5, 5.41) is -9.10. The molecule has 8 nitrogen and oxygen atoms in total. The lowest BCUT2D eigenvalue weighted by atomic mass is 9.35. The molecule has 0 radical (unpaired) electrons. The standard InChI is InChI=1S/C43H27BN2O2.C43H31BO2Si.C37H27BO2Si/c1-26-21-22-36-31(23-26)29-12-3-7-17-35(29)46(36)37-18-10-13-30-28-11-2-6-16-34(28)45(43(30)37)27-24-40-42-41(25-27)48-39-20-9-5-15-33(39)44(42)32-14-4-8-19-38(32)47-40;1-30-24-25-38-40(26-30)46-42-29-32(28-41-43(42)44(38)37-22-11-12-23-39(37)45-41)31-14-13-21-36(27-31)47(33-15-5-2-6-16-33,34-17-7-3-8-18-34)35-19-9-4-10-20-35;1-26-20-22-29(23-21-26)41(27-12-4-2-5-13-27,28-14-6-3-7-15-28)30-24-35-37-36(25-30)40-34-19-11-9-17-32(34)38(37)31-16-8-10-18-33(31)39-35/h2-25H,1H3;2-29H,1H3;2-25H,1H3/i2D,3D,6D,7D,10D,11D,12D,13D,16D,17D,18D,21D,22D,23D;2D,3D,4D,5D,6D,7D,8D,9D,10D,11D,12D,13D,14D,15D,16D,17D,18D,19D,20D,21D,22D,23D,24D,25D,26D,27D,28D,29D;2D,3D,4D,5D,6D,7D,8D,9D,10D,11D,12D,13D,14D,15D,16D,17D,18D,19D,20D,21D,22D,23D,24D,25D. The molecule has 0 atom stereocenters. The van der Waals surface area contributed by atoms with E-state index in [0.29, 0.717) is 28.5 Å². The maximum atomic E-state index is 10.2. The van der Waals surface area contributed by atoms with Crippen LogP contribution in [0.5, 0.6) is 69.0 Å². The minimum absolute atomic E-state index is 0.0649. The number of ether oxygens (including phenoxy) is 6. The van der Waals surface area contributed by atoms with Crippen molar-refractivity contribution in [1.82, 2.24) is 9.13 Å². The molecule has 8 heterocycles. The van der Waals surface area contributed by atoms with Crippen LogP contribution in [-0.4, -0.2) is 45.4 Å². The van der Waals surface area contributed by atoms with E-state index in [1.54, 1.807) is 12.1 Å². The van der Waals surface area contributed by atoms with E-state index in [1.807, 2.05) is 48.5 Å². The van der Waals surface area contributed by atoms with Crippen LogP contribution in [0.4, 0.5) is 0 Å². The van der Waals surface area contributed by atoms with Gasteiger partial charge in [-0.1, -0.05) is 368 Å². The zero-order chi connectivity index (χ0) is 148. The highest BCUT2D eigenvalue weighted by Gasteiger charge is 2.49. The number of nitrogens with zero attached hydrogens (tertiary/aromatic N) is 2. The molecule has 28 rings (SSSR count). The molecule has 6 aliphatic heterocycles. The normalized spacial score (nSPS) is 19.6. The smallest absolute Gasteiger partial charge is 0.260 e. The van der Waals surface area contributed by atoms with Crippen molar-refractivity contribution in [3.05, 3.63) is 476 Å². The van der Waals surface area contributed by atoms with Gasteiger partial charge >= 0.3 is 0 Å². The fraction of sp³-hybridized carbons (Fsp3) is 0.0244. The lowest BCUT2D eigenvalue weighted by Gasteiger charge is -2.38. The van der Waals surface area contributed by atoms with Crippen molar-refractivity contribution in [2.45, 2.75) is 20.8 Å². The summed E-state index contributed by atoms with van der Waals surface area (Å²) in [6.45, 7) is 0.257. The van der Waals surface area contributed by atoms with Crippen molar-refractivity contribution < 1.29 is 119 Å². The highest BCUT2D eigenvalue weighted by Crippen LogP contribution is 2.45. The van der Waals surface area contributed by atoms with Gasteiger partial charge in [0.1, 0.15) is 69.0 Å². The number of hydrogen-bond acceptors (Lipinski definition) is 6. The summed E-state index contributed by atoms with van der Waals surface area (Å²) in [7, 11) is -12.5. The molecule has 0 unspecified atom stereocenters. The van der Waals surface area contributed by atoms with E-state index in [4.69, 9.17) is 80.5 Å². The highest BCUT2D eigenvalue weighted by molar-refractivity contribution is 7.20. The highest BCUT2D eigenvalue weighted by atomic mass is 28.3. The fourth-order valence-corrected chi connectivity index (χ4v) is 25.4. The SMILES string of the molecule is [2H]c1c([2H])c([2H])c([Si](c2c([2H])c([2H])c([2H])c([2H])c2[2H])(c2c([2H])c([2H])c(C)c([2H])c2[2H])c2c([2H])c3c4c(c2[2H])Oc2c([2H])c([2H])c([2H])c([2H])c2B4c2c([2H])c([2H])c([2H])c([2H])c2O3)c([2H])c1[2H].[2H]c1c([2H])c([2H])c([Si](c2c([2H])c([2H])c([2H])c([2H])c2[2H])(c2c([2H])c([2H])c([2H])c([2H])c2[2H])c2c([2H])c([2H])c([2H])c(-c3c([2H])c4c5c(c3[2H])Oc3c([2H])c(C)c([2H])c([2H])c3B5c3c([2H])c([2H])c([2H])c([2H])c3O4)c2[2H])c([2H])c1[2H].[2H]c1c([2H])c([2H])c2c(c1[2H])c1c([2H])c([2H])c([2H])c(-n3c4c([2H])c([2H])c([2H])c([2H])c4c4c([2H])c(C)c([2H])c([2H])c43)c1n2-c1cc2c3c(c1)Oc1ccccc1B3c1ccccc1O2. The van der Waals surface area contributed by atoms with Crippen LogP contribution in [0.3, 0.4) is 0 Å². The molecule has 0 fully saturated rings. The van der Waals surface area contributed by atoms with Crippen molar-refractivity contribution in [2.75, 3.05) is 0 Å². The fourth-order valence-electron chi connectivity index (χ4n) is 18.2. The molecule has 20 aromatic carbocycles. The predicted octanol–water partition coefficient (Wildman–Crippen LogP) is 18.8. The average Bonchev–Trinajstić information content (AvgIpc) is 1.05. The summed E-state index contributed by atoms with van der Waals surface area (Å²) in [6.07, 6.45) is 0. The first-order valence-corrected chi connectivity index (χ1v) is 45.4. The van der Waals surface area contributed by atoms with Gasteiger partial charge in [0.05, 0.1) is 124 Å². The van der Waals surface area contributed by atoms with E-state index >= 15 is 0 Å². The molecule has 22 aromatic rings. The Morgan fingerprint density at radius 1 is 0.228 bits per heavy atom. The Morgan fingerprint density at radius 3 is 1.12 bits per heavy atom. The molecule has 136 heavy (non-hydrogen) atoms. The van der Waals surface area contributed by atoms with Gasteiger partial charge in [0.2, 0.25) is 0 Å². The summed E-state index contributed by atoms with van der Waals surface area (Å²) < 4.78 is 640. The number of hydrogen-bond donors (Lipinski definition) is 0. The van der Waals surface area contributed by atoms with Crippen LogP contribution in [-0.2, 0) is 0 Å². The second-order valence-corrected chi connectivity index (χ2v) is 38.2. The van der Waals surface area contributed by atoms with E-state index in [9.17, 15) is 38.4 Å². The summed E-state index contributed by atoms with van der Waals surface area (Å²) in [4.78, 5) is 0. The summed E-state index contributed by atoms with van der Waals surface area (Å²) in [6, 6.07) is -42.5. The lowest BCUT2D eigenvalue weighted by molar-refractivity contribution is 0.464. The van der Waals surface area contributed by atoms with Crippen LogP contribution in [0.2, 0.25) is 0 Å². The monoisotopic (exact) mass is 1840 g/mol. The van der Waals surface area contributed by atoms with E-state index in [-0.39, 0.29) is 107 Å². The zero-order valence-corrected chi connectivity index (χ0v) is 71.8. The Labute approximate surface area is 885 Å². The van der Waals surface area contributed by atoms with Gasteiger partial charge in [-0.25, -0.2) is 0 Å². The van der Waals surface area contributed by atoms with Gasteiger partial charge in [-0.15, -0.1) is 0 Å². The largest absolute Gasteiger partial charge is 0.458 e. The average molecular weight is 1840 g/mol. The third-order valence-electron chi connectivity index (χ3n) is 23.8. The Balaban J connectivity index is 0.000000142. The van der Waals surface area contributed by atoms with Gasteiger partial charge in [0.15, 0.2) is 16.1 Å². The van der Waals surface area contributed by atoms with Gasteiger partial charge in [0.25, 0.3) is 20.1 Å². The van der Waals surface area contributed by atoms with Crippen molar-refractivity contribution in [3.63, 3.8) is 0 Å². The van der Waals surface area contributed by atoms with Crippen LogP contribution in [0.25, 0.3) is 66.1 Å². The topological polar surface area (TPSA) is 65.2 Å². The first-order valence-electron chi connectivity index (χ1n) is 74.4. The van der Waals surface area contributed by atoms with E-state index in [0.717, 1.165) is 15.5 Å². The third kappa shape index (κ3) is 12.8. The third-order valence-corrected chi connectivity index (χ3v) is 31.8. The second kappa shape index (κ2) is 32.4. The molecule has 13 heteroatoms. The van der Waals surface area contributed by atoms with Crippen LogP contribution >= 0.6 is 0 Å². The summed E-state index contributed by atoms with van der Waals surface area (Å²) in [5.74, 6) is -3.66. The molecule has 0 N–H and O–H groups in total. The van der Waals surface area contributed by atoms with E-state index in [2.05, 4.69) is 0 Å². The number of rotatable bonds is 11. The van der Waals surface area contributed by atoms with Crippen molar-refractivity contribution >= 4 is 171 Å². The first-order chi connectivity index (χ1) is 94.6. The van der Waals surface area contributed by atoms with E-state index < -0.39 is 531 Å². The van der Waals surface area contributed by atoms with Crippen molar-refractivity contribution in [2.24, 2.45) is 0 Å². The lowest BCUT2D eigenvalue weighted by Crippen LogP contribution is -2.75. The molecule has 0 aliphatic carbocycles. The number of benzene rings is 20. The van der Waals surface area contributed by atoms with Crippen molar-refractivity contribution in [1.29, 1.82) is 0 Å². The Bertz CT molecular complexity index is 12100. The maximum Gasteiger partial charge on any atom is 0.260 e. The van der Waals surface area contributed by atoms with Gasteiger partial charge in [-0.05, 0) is 202 Å². The molecule has 2 aromatic heterocycles. The van der Waals surface area contributed by atoms with Crippen molar-refractivity contribution in [3.8, 4) is 91.5 Å². The minimum Gasteiger partial charge on any atom is -0.458 e. The molecular weight excluding hydrogens is 1690 g/mol. The molecule has 0 saturated carbocycles. The van der Waals surface area contributed by atoms with Gasteiger partial charge in [-0.2, -0.15) is 0 Å². The molecule has 6 aliphatic rings. The van der Waals surface area contributed by atoms with Gasteiger partial charge in [-0.3, -0.25) is 0 Å². The summed E-state index contributed by atoms with van der Waals surface area (Å²) in [5.41, 5.74) is -3.07. The van der Waals surface area contributed by atoms with Crippen LogP contribution < -0.4 is 119 Å². The number of aromatic nitrogens is 2. The first kappa shape index (κ1) is 37.8.